The first-order valence-corrected chi connectivity index (χ1v) is 14.8. The van der Waals surface area contributed by atoms with Gasteiger partial charge in [-0.3, -0.25) is 9.78 Å². The Hall–Kier alpha value is -3.44. The van der Waals surface area contributed by atoms with Crippen molar-refractivity contribution < 1.29 is 18.0 Å². The maximum Gasteiger partial charge on any atom is 0.314 e. The molecule has 0 saturated carbocycles. The summed E-state index contributed by atoms with van der Waals surface area (Å²) in [5.74, 6) is -0.242. The number of rotatable bonds is 9. The Morgan fingerprint density at radius 3 is 2.21 bits per heavy atom. The van der Waals surface area contributed by atoms with Crippen molar-refractivity contribution in [3.05, 3.63) is 53.7 Å². The van der Waals surface area contributed by atoms with E-state index < -0.39 is 12.3 Å². The molecule has 0 radical (unpaired) electrons. The van der Waals surface area contributed by atoms with Crippen LogP contribution in [0.3, 0.4) is 0 Å². The second-order valence-corrected chi connectivity index (χ2v) is 11.0. The molecule has 1 aromatic carbocycles. The molecule has 2 saturated heterocycles. The van der Waals surface area contributed by atoms with Crippen molar-refractivity contribution in [2.75, 3.05) is 57.1 Å². The van der Waals surface area contributed by atoms with Crippen molar-refractivity contribution in [3.8, 4) is 11.5 Å². The second-order valence-electron chi connectivity index (χ2n) is 11.0. The number of hydrogen-bond acceptors (Lipinski definition) is 8. The average Bonchev–Trinajstić information content (AvgIpc) is 3.52. The topological polar surface area (TPSA) is 81.8 Å². The molecule has 0 aliphatic carbocycles. The Kier molecular flexibility index (Phi) is 11.0. The van der Waals surface area contributed by atoms with E-state index in [4.69, 9.17) is 4.42 Å². The molecule has 4 heterocycles. The van der Waals surface area contributed by atoms with E-state index in [0.29, 0.717) is 23.2 Å². The van der Waals surface area contributed by atoms with Crippen molar-refractivity contribution in [2.24, 2.45) is 0 Å². The van der Waals surface area contributed by atoms with Crippen LogP contribution >= 0.6 is 0 Å². The molecule has 0 atom stereocenters. The van der Waals surface area contributed by atoms with Gasteiger partial charge in [0.05, 0.1) is 29.2 Å². The number of hydrogen-bond donors (Lipinski definition) is 0. The monoisotopic (exact) mass is 583 g/mol. The summed E-state index contributed by atoms with van der Waals surface area (Å²) in [5.41, 5.74) is 4.31. The Balaban J connectivity index is 0.00000198. The molecule has 5 rings (SSSR count). The lowest BCUT2D eigenvalue weighted by molar-refractivity contribution is -0.107. The zero-order valence-corrected chi connectivity index (χ0v) is 25.3. The van der Waals surface area contributed by atoms with E-state index in [0.717, 1.165) is 69.6 Å². The highest BCUT2D eigenvalue weighted by Gasteiger charge is 2.26. The zero-order chi connectivity index (χ0) is 30.2. The third kappa shape index (κ3) is 7.49. The predicted molar refractivity (Wildman–Crippen MR) is 161 cm³/mol. The van der Waals surface area contributed by atoms with Crippen molar-refractivity contribution in [1.29, 1.82) is 0 Å². The number of alkyl halides is 2. The molecule has 2 fully saturated rings. The number of piperidine rings is 2. The van der Waals surface area contributed by atoms with E-state index in [-0.39, 0.29) is 12.4 Å². The van der Waals surface area contributed by atoms with Crippen LogP contribution < -0.4 is 9.80 Å². The number of amides is 1. The molecule has 11 heteroatoms. The van der Waals surface area contributed by atoms with Crippen LogP contribution in [0.5, 0.6) is 0 Å². The third-order valence-electron chi connectivity index (χ3n) is 8.27. The van der Waals surface area contributed by atoms with Crippen molar-refractivity contribution in [1.82, 2.24) is 25.0 Å². The zero-order valence-electron chi connectivity index (χ0n) is 25.3. The first kappa shape index (κ1) is 31.5. The number of pyridine rings is 1. The minimum Gasteiger partial charge on any atom is -0.415 e. The van der Waals surface area contributed by atoms with Gasteiger partial charge < -0.3 is 24.0 Å². The van der Waals surface area contributed by atoms with Gasteiger partial charge in [-0.05, 0) is 102 Å². The maximum absolute atomic E-state index is 12.8. The van der Waals surface area contributed by atoms with Gasteiger partial charge in [0, 0.05) is 19.3 Å². The highest BCUT2D eigenvalue weighted by molar-refractivity contribution is 5.84. The number of halogens is 2. The van der Waals surface area contributed by atoms with Gasteiger partial charge in [0.1, 0.15) is 0 Å². The first-order valence-electron chi connectivity index (χ1n) is 14.8. The van der Waals surface area contributed by atoms with E-state index in [9.17, 15) is 13.6 Å². The molecule has 3 aromatic rings. The molecular formula is C31H43F2N7O2. The van der Waals surface area contributed by atoms with Crippen LogP contribution in [0.4, 0.5) is 20.2 Å². The molecule has 2 aromatic heterocycles. The normalized spacial score (nSPS) is 17.1. The molecule has 1 amide bonds. The minimum atomic E-state index is -2.83. The van der Waals surface area contributed by atoms with Crippen LogP contribution in [-0.4, -0.2) is 84.8 Å². The van der Waals surface area contributed by atoms with Crippen molar-refractivity contribution >= 4 is 17.8 Å². The molecule has 2 aliphatic rings. The fourth-order valence-corrected chi connectivity index (χ4v) is 5.68. The smallest absolute Gasteiger partial charge is 0.314 e. The lowest BCUT2D eigenvalue weighted by Gasteiger charge is -2.38. The molecule has 9 nitrogen and oxygen atoms in total. The third-order valence-corrected chi connectivity index (χ3v) is 8.27. The molecule has 0 unspecified atom stereocenters. The van der Waals surface area contributed by atoms with Crippen LogP contribution in [0.2, 0.25) is 0 Å². The van der Waals surface area contributed by atoms with Gasteiger partial charge in [-0.15, -0.1) is 10.2 Å². The molecule has 0 N–H and O–H groups in total. The van der Waals surface area contributed by atoms with Gasteiger partial charge >= 0.3 is 6.43 Å². The standard InChI is InChI=1S/C29H37F2N7O2.C2H6/c1-35-12-8-20(9-13-35)21-5-7-25(26(16-21)37(3)24-10-14-36(2)15-11-24)38(19-39)18-23-6-4-22(17-32-23)28-33-34-29(40-28)27(30)31;1-2/h4-7,16-17,19-20,24,27H,8-15,18H2,1-3H3;1-2H3. The van der Waals surface area contributed by atoms with Crippen LogP contribution in [-0.2, 0) is 11.3 Å². The summed E-state index contributed by atoms with van der Waals surface area (Å²) in [5, 5.41) is 7.05. The summed E-state index contributed by atoms with van der Waals surface area (Å²) in [6.45, 7) is 8.53. The molecule has 0 spiro atoms. The number of carbonyl (C=O) groups excluding carboxylic acids is 1. The van der Waals surface area contributed by atoms with Gasteiger partial charge in [-0.2, -0.15) is 8.78 Å². The Bertz CT molecular complexity index is 1270. The molecular weight excluding hydrogens is 540 g/mol. The van der Waals surface area contributed by atoms with Crippen LogP contribution in [0, 0.1) is 0 Å². The van der Waals surface area contributed by atoms with Crippen molar-refractivity contribution in [3.63, 3.8) is 0 Å². The number of carbonyl (C=O) groups is 1. The van der Waals surface area contributed by atoms with Crippen LogP contribution in [0.1, 0.15) is 69.0 Å². The predicted octanol–water partition coefficient (Wildman–Crippen LogP) is 5.60. The summed E-state index contributed by atoms with van der Waals surface area (Å²) in [6, 6.07) is 10.3. The van der Waals surface area contributed by atoms with E-state index in [1.165, 1.54) is 11.8 Å². The maximum atomic E-state index is 12.8. The Morgan fingerprint density at radius 1 is 0.976 bits per heavy atom. The highest BCUT2D eigenvalue weighted by Crippen LogP contribution is 2.37. The number of likely N-dealkylation sites (tertiary alicyclic amines) is 2. The molecule has 2 aliphatic heterocycles. The fourth-order valence-electron chi connectivity index (χ4n) is 5.68. The summed E-state index contributed by atoms with van der Waals surface area (Å²) < 4.78 is 30.7. The van der Waals surface area contributed by atoms with Crippen LogP contribution in [0.15, 0.2) is 40.9 Å². The Morgan fingerprint density at radius 2 is 1.64 bits per heavy atom. The Labute approximate surface area is 247 Å². The quantitative estimate of drug-likeness (QED) is 0.301. The summed E-state index contributed by atoms with van der Waals surface area (Å²) in [4.78, 5) is 25.7. The van der Waals surface area contributed by atoms with Gasteiger partial charge in [-0.1, -0.05) is 19.9 Å². The SMILES string of the molecule is CC.CN1CCC(c2ccc(N(C=O)Cc3ccc(-c4nnc(C(F)F)o4)cn3)c(N(C)C3CCN(C)CC3)c2)CC1. The molecule has 0 bridgehead atoms. The largest absolute Gasteiger partial charge is 0.415 e. The van der Waals surface area contributed by atoms with Gasteiger partial charge in [0.25, 0.3) is 5.89 Å². The van der Waals surface area contributed by atoms with Gasteiger partial charge in [-0.25, -0.2) is 0 Å². The van der Waals surface area contributed by atoms with Crippen LogP contribution in [0.25, 0.3) is 11.5 Å². The summed E-state index contributed by atoms with van der Waals surface area (Å²) in [7, 11) is 6.47. The van der Waals surface area contributed by atoms with Gasteiger partial charge in [0.2, 0.25) is 12.3 Å². The van der Waals surface area contributed by atoms with Gasteiger partial charge in [0.15, 0.2) is 0 Å². The van der Waals surface area contributed by atoms with E-state index in [1.807, 2.05) is 13.8 Å². The molecule has 228 valence electrons. The second kappa shape index (κ2) is 14.6. The minimum absolute atomic E-state index is 0.0203. The van der Waals surface area contributed by atoms with E-state index >= 15 is 0 Å². The first-order chi connectivity index (χ1) is 20.3. The lowest BCUT2D eigenvalue weighted by atomic mass is 9.88. The average molecular weight is 584 g/mol. The number of benzene rings is 1. The highest BCUT2D eigenvalue weighted by atomic mass is 19.3. The fraction of sp³-hybridized carbons (Fsp3) is 0.548. The lowest BCUT2D eigenvalue weighted by Crippen LogP contribution is -2.42. The van der Waals surface area contributed by atoms with E-state index in [2.05, 4.69) is 69.2 Å². The molecule has 42 heavy (non-hydrogen) atoms. The summed E-state index contributed by atoms with van der Waals surface area (Å²) >= 11 is 0. The number of nitrogens with zero attached hydrogens (tertiary/aromatic N) is 7. The van der Waals surface area contributed by atoms with E-state index in [1.54, 1.807) is 17.0 Å². The van der Waals surface area contributed by atoms with Crippen molar-refractivity contribution in [2.45, 2.75) is 64.5 Å². The number of aromatic nitrogens is 3. The number of anilines is 2. The summed E-state index contributed by atoms with van der Waals surface area (Å²) in [6.07, 6.45) is 3.90.